The molecule has 0 saturated heterocycles. The maximum atomic E-state index is 5.47. The minimum atomic E-state index is 0.209. The summed E-state index contributed by atoms with van der Waals surface area (Å²) in [5, 5.41) is 3.54. The molecule has 15 heavy (non-hydrogen) atoms. The van der Waals surface area contributed by atoms with Crippen LogP contribution in [0.3, 0.4) is 0 Å². The first kappa shape index (κ1) is 10.3. The van der Waals surface area contributed by atoms with E-state index in [-0.39, 0.29) is 6.04 Å². The summed E-state index contributed by atoms with van der Waals surface area (Å²) in [4.78, 5) is 0. The van der Waals surface area contributed by atoms with E-state index in [1.807, 2.05) is 0 Å². The van der Waals surface area contributed by atoms with Gasteiger partial charge < -0.3 is 0 Å². The second-order valence-electron chi connectivity index (χ2n) is 4.08. The van der Waals surface area contributed by atoms with Crippen molar-refractivity contribution < 1.29 is 0 Å². The molecule has 0 radical (unpaired) electrons. The van der Waals surface area contributed by atoms with Crippen LogP contribution in [0.4, 0.5) is 0 Å². The first-order chi connectivity index (χ1) is 7.35. The van der Waals surface area contributed by atoms with Crippen LogP contribution in [0.2, 0.25) is 0 Å². The molecule has 2 atom stereocenters. The summed E-state index contributed by atoms with van der Waals surface area (Å²) < 4.78 is 0. The molecule has 1 aliphatic carbocycles. The molecule has 0 aromatic heterocycles. The number of fused-ring (bicyclic) bond motifs is 1. The second-order valence-corrected chi connectivity index (χ2v) is 4.08. The van der Waals surface area contributed by atoms with Crippen LogP contribution in [0.15, 0.2) is 24.3 Å². The monoisotopic (exact) mass is 199 g/mol. The molecule has 0 fully saturated rings. The first-order valence-corrected chi connectivity index (χ1v) is 5.65. The average Bonchev–Trinajstić information content (AvgIpc) is 2.69. The predicted octanol–water partition coefficient (Wildman–Crippen LogP) is 2.68. The van der Waals surface area contributed by atoms with Gasteiger partial charge in [-0.25, -0.2) is 0 Å². The molecule has 1 aromatic carbocycles. The number of terminal acetylenes is 1. The summed E-state index contributed by atoms with van der Waals surface area (Å²) in [6, 6.07) is 9.32. The molecule has 0 bridgehead atoms. The Morgan fingerprint density at radius 1 is 1.53 bits per heavy atom. The third-order valence-corrected chi connectivity index (χ3v) is 3.14. The Bertz CT molecular complexity index is 375. The van der Waals surface area contributed by atoms with Crippen LogP contribution in [0.5, 0.6) is 0 Å². The highest BCUT2D eigenvalue weighted by Crippen LogP contribution is 2.31. The summed E-state index contributed by atoms with van der Waals surface area (Å²) in [5.41, 5.74) is 2.91. The number of nitrogens with one attached hydrogen (secondary N) is 1. The average molecular weight is 199 g/mol. The molecular formula is C14H17N. The van der Waals surface area contributed by atoms with Gasteiger partial charge in [0.1, 0.15) is 0 Å². The number of hydrogen-bond donors (Lipinski definition) is 1. The van der Waals surface area contributed by atoms with Crippen LogP contribution in [0, 0.1) is 12.3 Å². The van der Waals surface area contributed by atoms with E-state index in [2.05, 4.69) is 42.4 Å². The Labute approximate surface area is 91.9 Å². The highest BCUT2D eigenvalue weighted by Gasteiger charge is 2.22. The molecule has 2 rings (SSSR count). The number of rotatable bonds is 3. The molecule has 1 aromatic rings. The fourth-order valence-corrected chi connectivity index (χ4v) is 2.26. The van der Waals surface area contributed by atoms with Gasteiger partial charge in [0.25, 0.3) is 0 Å². The van der Waals surface area contributed by atoms with E-state index in [9.17, 15) is 0 Å². The standard InChI is InChI=1S/C14H17N/c1-3-12(4-2)15-14-10-9-11-7-5-6-8-13(11)14/h1,5-8,12,14-15H,4,9-10H2,2H3. The maximum Gasteiger partial charge on any atom is 0.0689 e. The van der Waals surface area contributed by atoms with Gasteiger partial charge in [-0.15, -0.1) is 6.42 Å². The lowest BCUT2D eigenvalue weighted by atomic mass is 10.1. The van der Waals surface area contributed by atoms with Gasteiger partial charge >= 0.3 is 0 Å². The van der Waals surface area contributed by atoms with E-state index in [0.717, 1.165) is 6.42 Å². The third kappa shape index (κ3) is 2.06. The molecule has 0 spiro atoms. The van der Waals surface area contributed by atoms with Gasteiger partial charge in [-0.05, 0) is 30.4 Å². The minimum absolute atomic E-state index is 0.209. The Morgan fingerprint density at radius 3 is 3.07 bits per heavy atom. The van der Waals surface area contributed by atoms with Gasteiger partial charge in [-0.1, -0.05) is 37.1 Å². The molecule has 1 N–H and O–H groups in total. The summed E-state index contributed by atoms with van der Waals surface area (Å²) >= 11 is 0. The fraction of sp³-hybridized carbons (Fsp3) is 0.429. The molecule has 78 valence electrons. The predicted molar refractivity (Wildman–Crippen MR) is 63.6 cm³/mol. The van der Waals surface area contributed by atoms with Gasteiger partial charge in [0.15, 0.2) is 0 Å². The highest BCUT2D eigenvalue weighted by molar-refractivity contribution is 5.34. The topological polar surface area (TPSA) is 12.0 Å². The molecule has 1 nitrogen and oxygen atoms in total. The second kappa shape index (κ2) is 4.51. The van der Waals surface area contributed by atoms with Gasteiger partial charge in [0.05, 0.1) is 6.04 Å². The van der Waals surface area contributed by atoms with Crippen LogP contribution < -0.4 is 5.32 Å². The van der Waals surface area contributed by atoms with Crippen molar-refractivity contribution in [2.75, 3.05) is 0 Å². The summed E-state index contributed by atoms with van der Waals surface area (Å²) in [5.74, 6) is 2.80. The van der Waals surface area contributed by atoms with E-state index in [0.29, 0.717) is 6.04 Å². The summed E-state index contributed by atoms with van der Waals surface area (Å²) in [6.45, 7) is 2.12. The van der Waals surface area contributed by atoms with E-state index in [1.165, 1.54) is 24.0 Å². The molecular weight excluding hydrogens is 182 g/mol. The van der Waals surface area contributed by atoms with Gasteiger partial charge in [0, 0.05) is 6.04 Å². The molecule has 0 amide bonds. The molecule has 0 heterocycles. The van der Waals surface area contributed by atoms with E-state index in [4.69, 9.17) is 6.42 Å². The quantitative estimate of drug-likeness (QED) is 0.738. The first-order valence-electron chi connectivity index (χ1n) is 5.65. The van der Waals surface area contributed by atoms with Crippen molar-refractivity contribution in [3.63, 3.8) is 0 Å². The Balaban J connectivity index is 2.11. The zero-order valence-electron chi connectivity index (χ0n) is 9.16. The largest absolute Gasteiger partial charge is 0.297 e. The highest BCUT2D eigenvalue weighted by atomic mass is 14.9. The number of hydrogen-bond acceptors (Lipinski definition) is 1. The van der Waals surface area contributed by atoms with Crippen molar-refractivity contribution in [2.45, 2.75) is 38.3 Å². The van der Waals surface area contributed by atoms with Crippen molar-refractivity contribution in [1.29, 1.82) is 0 Å². The van der Waals surface area contributed by atoms with Crippen molar-refractivity contribution in [3.05, 3.63) is 35.4 Å². The number of aryl methyl sites for hydroxylation is 1. The Hall–Kier alpha value is -1.26. The van der Waals surface area contributed by atoms with Crippen LogP contribution >= 0.6 is 0 Å². The van der Waals surface area contributed by atoms with Crippen LogP contribution in [-0.4, -0.2) is 6.04 Å². The van der Waals surface area contributed by atoms with Crippen LogP contribution in [0.1, 0.15) is 36.9 Å². The molecule has 0 aliphatic heterocycles. The molecule has 0 saturated carbocycles. The van der Waals surface area contributed by atoms with Crippen LogP contribution in [-0.2, 0) is 6.42 Å². The van der Waals surface area contributed by atoms with Gasteiger partial charge in [-0.2, -0.15) is 0 Å². The maximum absolute atomic E-state index is 5.47. The lowest BCUT2D eigenvalue weighted by Crippen LogP contribution is -2.29. The van der Waals surface area contributed by atoms with Crippen molar-refractivity contribution in [1.82, 2.24) is 5.32 Å². The van der Waals surface area contributed by atoms with Crippen molar-refractivity contribution in [3.8, 4) is 12.3 Å². The molecule has 2 unspecified atom stereocenters. The summed E-state index contributed by atoms with van der Waals surface area (Å²) in [6.07, 6.45) is 8.82. The SMILES string of the molecule is C#CC(CC)NC1CCc2ccccc21. The fourth-order valence-electron chi connectivity index (χ4n) is 2.26. The Morgan fingerprint density at radius 2 is 2.33 bits per heavy atom. The lowest BCUT2D eigenvalue weighted by Gasteiger charge is -2.18. The Kier molecular flexibility index (Phi) is 3.08. The zero-order chi connectivity index (χ0) is 10.7. The third-order valence-electron chi connectivity index (χ3n) is 3.14. The van der Waals surface area contributed by atoms with Gasteiger partial charge in [-0.3, -0.25) is 5.32 Å². The minimum Gasteiger partial charge on any atom is -0.297 e. The van der Waals surface area contributed by atoms with Crippen molar-refractivity contribution in [2.24, 2.45) is 0 Å². The molecule has 1 heteroatoms. The lowest BCUT2D eigenvalue weighted by molar-refractivity contribution is 0.481. The van der Waals surface area contributed by atoms with Crippen LogP contribution in [0.25, 0.3) is 0 Å². The normalized spacial score (nSPS) is 20.7. The summed E-state index contributed by atoms with van der Waals surface area (Å²) in [7, 11) is 0. The van der Waals surface area contributed by atoms with E-state index >= 15 is 0 Å². The van der Waals surface area contributed by atoms with E-state index < -0.39 is 0 Å². The smallest absolute Gasteiger partial charge is 0.0689 e. The van der Waals surface area contributed by atoms with Gasteiger partial charge in [0.2, 0.25) is 0 Å². The molecule has 1 aliphatic rings. The number of benzene rings is 1. The van der Waals surface area contributed by atoms with E-state index in [1.54, 1.807) is 0 Å². The zero-order valence-corrected chi connectivity index (χ0v) is 9.16. The van der Waals surface area contributed by atoms with Crippen molar-refractivity contribution >= 4 is 0 Å².